The van der Waals surface area contributed by atoms with Gasteiger partial charge < -0.3 is 16.3 Å². The normalized spacial score (nSPS) is 15.0. The molecule has 0 amide bonds. The molecular formula is C15H25N3OS. The fourth-order valence-electron chi connectivity index (χ4n) is 2.04. The summed E-state index contributed by atoms with van der Waals surface area (Å²) in [6.45, 7) is 4.35. The number of oxime groups is 1. The number of amidine groups is 1. The smallest absolute Gasteiger partial charge is 0.141 e. The topological polar surface area (TPSA) is 70.6 Å². The SMILES string of the molecule is CCSCCC(C)NC(C/C(N)=N/O)c1ccccc1. The van der Waals surface area contributed by atoms with E-state index in [-0.39, 0.29) is 11.9 Å². The Kier molecular flexibility index (Phi) is 8.14. The van der Waals surface area contributed by atoms with Crippen molar-refractivity contribution in [2.24, 2.45) is 10.9 Å². The highest BCUT2D eigenvalue weighted by molar-refractivity contribution is 7.99. The molecule has 0 aliphatic heterocycles. The molecule has 0 saturated carbocycles. The lowest BCUT2D eigenvalue weighted by atomic mass is 10.0. The van der Waals surface area contributed by atoms with Crippen LogP contribution in [0.5, 0.6) is 0 Å². The highest BCUT2D eigenvalue weighted by Crippen LogP contribution is 2.18. The van der Waals surface area contributed by atoms with Gasteiger partial charge in [-0.3, -0.25) is 0 Å². The molecule has 5 heteroatoms. The highest BCUT2D eigenvalue weighted by atomic mass is 32.2. The monoisotopic (exact) mass is 295 g/mol. The van der Waals surface area contributed by atoms with Gasteiger partial charge in [0.25, 0.3) is 0 Å². The maximum Gasteiger partial charge on any atom is 0.141 e. The molecule has 1 aromatic rings. The van der Waals surface area contributed by atoms with Crippen LogP contribution in [0, 0.1) is 0 Å². The van der Waals surface area contributed by atoms with Crippen molar-refractivity contribution >= 4 is 17.6 Å². The number of benzene rings is 1. The van der Waals surface area contributed by atoms with Crippen molar-refractivity contribution in [2.75, 3.05) is 11.5 Å². The van der Waals surface area contributed by atoms with Crippen LogP contribution in [0.2, 0.25) is 0 Å². The lowest BCUT2D eigenvalue weighted by molar-refractivity contribution is 0.315. The van der Waals surface area contributed by atoms with Crippen LogP contribution in [-0.2, 0) is 0 Å². The molecule has 0 heterocycles. The number of thioether (sulfide) groups is 1. The second-order valence-electron chi connectivity index (χ2n) is 4.81. The van der Waals surface area contributed by atoms with Crippen LogP contribution >= 0.6 is 11.8 Å². The summed E-state index contributed by atoms with van der Waals surface area (Å²) in [7, 11) is 0. The Morgan fingerprint density at radius 2 is 2.10 bits per heavy atom. The van der Waals surface area contributed by atoms with E-state index >= 15 is 0 Å². The van der Waals surface area contributed by atoms with Crippen molar-refractivity contribution in [1.82, 2.24) is 5.32 Å². The number of hydrogen-bond donors (Lipinski definition) is 3. The Morgan fingerprint density at radius 1 is 1.40 bits per heavy atom. The minimum Gasteiger partial charge on any atom is -0.409 e. The summed E-state index contributed by atoms with van der Waals surface area (Å²) in [5.41, 5.74) is 6.83. The summed E-state index contributed by atoms with van der Waals surface area (Å²) in [4.78, 5) is 0. The first-order chi connectivity index (χ1) is 9.67. The second-order valence-corrected chi connectivity index (χ2v) is 6.21. The number of nitrogens with two attached hydrogens (primary N) is 1. The number of nitrogens with zero attached hydrogens (tertiary/aromatic N) is 1. The van der Waals surface area contributed by atoms with Crippen LogP contribution < -0.4 is 11.1 Å². The van der Waals surface area contributed by atoms with Gasteiger partial charge in [-0.25, -0.2) is 0 Å². The minimum absolute atomic E-state index is 0.0775. The van der Waals surface area contributed by atoms with E-state index in [4.69, 9.17) is 10.9 Å². The van der Waals surface area contributed by atoms with Crippen LogP contribution in [0.3, 0.4) is 0 Å². The molecule has 0 fully saturated rings. The Bertz CT molecular complexity index is 397. The number of hydrogen-bond acceptors (Lipinski definition) is 4. The molecule has 20 heavy (non-hydrogen) atoms. The van der Waals surface area contributed by atoms with Gasteiger partial charge >= 0.3 is 0 Å². The summed E-state index contributed by atoms with van der Waals surface area (Å²) in [5.74, 6) is 2.55. The van der Waals surface area contributed by atoms with Gasteiger partial charge in [-0.15, -0.1) is 0 Å². The van der Waals surface area contributed by atoms with Crippen LogP contribution in [0.15, 0.2) is 35.5 Å². The van der Waals surface area contributed by atoms with Crippen molar-refractivity contribution < 1.29 is 5.21 Å². The summed E-state index contributed by atoms with van der Waals surface area (Å²) in [6, 6.07) is 10.6. The van der Waals surface area contributed by atoms with Crippen molar-refractivity contribution in [1.29, 1.82) is 0 Å². The zero-order valence-electron chi connectivity index (χ0n) is 12.2. The Labute approximate surface area is 125 Å². The lowest BCUT2D eigenvalue weighted by Crippen LogP contribution is -2.33. The number of nitrogens with one attached hydrogen (secondary N) is 1. The zero-order chi connectivity index (χ0) is 14.8. The lowest BCUT2D eigenvalue weighted by Gasteiger charge is -2.23. The molecule has 0 aromatic heterocycles. The summed E-state index contributed by atoms with van der Waals surface area (Å²) >= 11 is 1.95. The third-order valence-electron chi connectivity index (χ3n) is 3.13. The van der Waals surface area contributed by atoms with Crippen LogP contribution in [0.25, 0.3) is 0 Å². The van der Waals surface area contributed by atoms with Crippen molar-refractivity contribution in [3.8, 4) is 0 Å². The van der Waals surface area contributed by atoms with E-state index in [0.717, 1.165) is 23.5 Å². The fourth-order valence-corrected chi connectivity index (χ4v) is 2.85. The fraction of sp³-hybridized carbons (Fsp3) is 0.533. The molecule has 0 aliphatic carbocycles. The van der Waals surface area contributed by atoms with Gasteiger partial charge in [0.05, 0.1) is 0 Å². The summed E-state index contributed by atoms with van der Waals surface area (Å²) in [6.07, 6.45) is 1.61. The first-order valence-corrected chi connectivity index (χ1v) is 8.18. The first kappa shape index (κ1) is 16.9. The van der Waals surface area contributed by atoms with Crippen molar-refractivity contribution in [3.63, 3.8) is 0 Å². The standard InChI is InChI=1S/C15H25N3OS/c1-3-20-10-9-12(2)17-14(11-15(16)18-19)13-7-5-4-6-8-13/h4-8,12,14,17,19H,3,9-11H2,1-2H3,(H2,16,18). The predicted octanol–water partition coefficient (Wildman–Crippen LogP) is 2.99. The molecule has 0 saturated heterocycles. The van der Waals surface area contributed by atoms with Gasteiger partial charge in [-0.1, -0.05) is 42.4 Å². The molecule has 4 nitrogen and oxygen atoms in total. The Morgan fingerprint density at radius 3 is 2.70 bits per heavy atom. The van der Waals surface area contributed by atoms with E-state index < -0.39 is 0 Å². The zero-order valence-corrected chi connectivity index (χ0v) is 13.1. The largest absolute Gasteiger partial charge is 0.409 e. The van der Waals surface area contributed by atoms with E-state index in [1.54, 1.807) is 0 Å². The molecule has 4 N–H and O–H groups in total. The molecule has 0 spiro atoms. The van der Waals surface area contributed by atoms with E-state index in [1.807, 2.05) is 30.0 Å². The molecule has 1 rings (SSSR count). The van der Waals surface area contributed by atoms with Gasteiger partial charge in [0.1, 0.15) is 5.84 Å². The predicted molar refractivity (Wildman–Crippen MR) is 87.4 cm³/mol. The average Bonchev–Trinajstić information content (AvgIpc) is 2.47. The van der Waals surface area contributed by atoms with E-state index in [0.29, 0.717) is 12.5 Å². The molecule has 1 aromatic carbocycles. The molecule has 112 valence electrons. The van der Waals surface area contributed by atoms with E-state index in [9.17, 15) is 0 Å². The van der Waals surface area contributed by atoms with Crippen molar-refractivity contribution in [3.05, 3.63) is 35.9 Å². The van der Waals surface area contributed by atoms with Gasteiger partial charge in [-0.05, 0) is 30.4 Å². The Hall–Kier alpha value is -1.20. The minimum atomic E-state index is 0.0775. The average molecular weight is 295 g/mol. The molecular weight excluding hydrogens is 270 g/mol. The molecule has 2 unspecified atom stereocenters. The molecule has 2 atom stereocenters. The van der Waals surface area contributed by atoms with Crippen LogP contribution in [-0.4, -0.2) is 28.6 Å². The van der Waals surface area contributed by atoms with E-state index in [2.05, 4.69) is 36.5 Å². The molecule has 0 radical (unpaired) electrons. The van der Waals surface area contributed by atoms with Crippen molar-refractivity contribution in [2.45, 2.75) is 38.8 Å². The van der Waals surface area contributed by atoms with Crippen LogP contribution in [0.1, 0.15) is 38.3 Å². The summed E-state index contributed by atoms with van der Waals surface area (Å²) < 4.78 is 0. The molecule has 0 aliphatic rings. The second kappa shape index (κ2) is 9.66. The number of rotatable bonds is 9. The summed E-state index contributed by atoms with van der Waals surface area (Å²) in [5, 5.41) is 15.4. The maximum absolute atomic E-state index is 8.77. The third kappa shape index (κ3) is 6.30. The van der Waals surface area contributed by atoms with Gasteiger partial charge in [0, 0.05) is 18.5 Å². The van der Waals surface area contributed by atoms with Gasteiger partial charge in [-0.2, -0.15) is 11.8 Å². The quantitative estimate of drug-likeness (QED) is 0.215. The third-order valence-corrected chi connectivity index (χ3v) is 4.06. The maximum atomic E-state index is 8.77. The Balaban J connectivity index is 2.63. The highest BCUT2D eigenvalue weighted by Gasteiger charge is 2.15. The van der Waals surface area contributed by atoms with Gasteiger partial charge in [0.15, 0.2) is 0 Å². The van der Waals surface area contributed by atoms with Crippen LogP contribution in [0.4, 0.5) is 0 Å². The van der Waals surface area contributed by atoms with E-state index in [1.165, 1.54) is 0 Å². The van der Waals surface area contributed by atoms with Gasteiger partial charge in [0.2, 0.25) is 0 Å². The molecule has 0 bridgehead atoms. The first-order valence-electron chi connectivity index (χ1n) is 7.02.